The van der Waals surface area contributed by atoms with Crippen LogP contribution in [0.25, 0.3) is 0 Å². The Balaban J connectivity index is 2.27. The molecule has 0 aliphatic rings. The summed E-state index contributed by atoms with van der Waals surface area (Å²) in [4.78, 5) is 1.88. The summed E-state index contributed by atoms with van der Waals surface area (Å²) >= 11 is 6.42. The van der Waals surface area contributed by atoms with Crippen LogP contribution in [0.4, 0.5) is 0 Å². The van der Waals surface area contributed by atoms with E-state index < -0.39 is 0 Å². The van der Waals surface area contributed by atoms with Gasteiger partial charge in [0.15, 0.2) is 0 Å². The number of nitrogens with zero attached hydrogens (tertiary/aromatic N) is 1. The molecule has 122 valence electrons. The third-order valence-corrected chi connectivity index (χ3v) is 4.40. The largest absolute Gasteiger partial charge is 0.497 e. The van der Waals surface area contributed by atoms with Crippen molar-refractivity contribution in [2.24, 2.45) is 0 Å². The monoisotopic (exact) mass is 330 g/mol. The second kappa shape index (κ2) is 7.51. The molecule has 4 heteroatoms. The van der Waals surface area contributed by atoms with Gasteiger partial charge in [-0.25, -0.2) is 0 Å². The maximum atomic E-state index is 8.24. The van der Waals surface area contributed by atoms with E-state index in [-0.39, 0.29) is 0 Å². The van der Waals surface area contributed by atoms with Crippen LogP contribution in [0.2, 0.25) is 5.02 Å². The Morgan fingerprint density at radius 2 is 1.87 bits per heavy atom. The summed E-state index contributed by atoms with van der Waals surface area (Å²) in [5.74, 6) is 1.31. The van der Waals surface area contributed by atoms with Gasteiger partial charge in [-0.2, -0.15) is 0 Å². The van der Waals surface area contributed by atoms with Crippen LogP contribution in [-0.2, 0) is 6.42 Å². The molecule has 0 saturated heterocycles. The number of methoxy groups -OCH3 is 1. The zero-order valence-electron chi connectivity index (χ0n) is 14.1. The average molecular weight is 331 g/mol. The number of amidine groups is 1. The molecule has 3 nitrogen and oxygen atoms in total. The highest BCUT2D eigenvalue weighted by Gasteiger charge is 2.13. The van der Waals surface area contributed by atoms with Crippen molar-refractivity contribution in [2.45, 2.75) is 20.3 Å². The van der Waals surface area contributed by atoms with E-state index in [9.17, 15) is 0 Å². The van der Waals surface area contributed by atoms with Gasteiger partial charge in [0, 0.05) is 19.2 Å². The first-order valence-electron chi connectivity index (χ1n) is 7.68. The number of rotatable bonds is 5. The number of halogens is 1. The molecule has 0 atom stereocenters. The molecule has 0 aliphatic heterocycles. The Morgan fingerprint density at radius 1 is 1.22 bits per heavy atom. The average Bonchev–Trinajstić information content (AvgIpc) is 2.57. The normalized spacial score (nSPS) is 10.5. The van der Waals surface area contributed by atoms with Crippen LogP contribution < -0.4 is 4.74 Å². The fraction of sp³-hybridized carbons (Fsp3) is 0.316. The molecule has 0 aliphatic carbocycles. The van der Waals surface area contributed by atoms with E-state index in [1.807, 2.05) is 43.1 Å². The summed E-state index contributed by atoms with van der Waals surface area (Å²) in [6, 6.07) is 12.0. The van der Waals surface area contributed by atoms with Crippen molar-refractivity contribution in [3.8, 4) is 5.75 Å². The molecule has 0 radical (unpaired) electrons. The molecule has 2 rings (SSSR count). The number of nitrogens with one attached hydrogen (secondary N) is 1. The molecular weight excluding hydrogens is 308 g/mol. The molecule has 0 bridgehead atoms. The number of hydrogen-bond acceptors (Lipinski definition) is 2. The van der Waals surface area contributed by atoms with Crippen LogP contribution in [0.5, 0.6) is 5.75 Å². The molecule has 0 spiro atoms. The van der Waals surface area contributed by atoms with Crippen LogP contribution in [0.15, 0.2) is 36.4 Å². The third-order valence-electron chi connectivity index (χ3n) is 4.09. The summed E-state index contributed by atoms with van der Waals surface area (Å²) in [7, 11) is 3.57. The number of hydrogen-bond donors (Lipinski definition) is 1. The highest BCUT2D eigenvalue weighted by Crippen LogP contribution is 2.25. The molecule has 0 heterocycles. The van der Waals surface area contributed by atoms with Gasteiger partial charge in [0.2, 0.25) is 0 Å². The van der Waals surface area contributed by atoms with Gasteiger partial charge in [0.1, 0.15) is 11.6 Å². The Hall–Kier alpha value is -2.00. The third kappa shape index (κ3) is 4.05. The van der Waals surface area contributed by atoms with Crippen molar-refractivity contribution in [1.82, 2.24) is 4.90 Å². The van der Waals surface area contributed by atoms with Gasteiger partial charge in [-0.1, -0.05) is 23.7 Å². The number of benzene rings is 2. The minimum absolute atomic E-state index is 0.455. The van der Waals surface area contributed by atoms with Gasteiger partial charge in [-0.05, 0) is 61.2 Å². The zero-order valence-corrected chi connectivity index (χ0v) is 14.9. The standard InChI is InChI=1S/C19H23ClN2O/c1-5-22(3)19(21)17-10-13(2)15(12-18(17)20)11-14-6-8-16(23-4)9-7-14/h6-10,12,21H,5,11H2,1-4H3. The maximum absolute atomic E-state index is 8.24. The highest BCUT2D eigenvalue weighted by molar-refractivity contribution is 6.34. The fourth-order valence-corrected chi connectivity index (χ4v) is 2.70. The van der Waals surface area contributed by atoms with E-state index in [4.69, 9.17) is 21.7 Å². The summed E-state index contributed by atoms with van der Waals surface area (Å²) in [5.41, 5.74) is 4.32. The Labute approximate surface area is 143 Å². The van der Waals surface area contributed by atoms with Gasteiger partial charge in [0.25, 0.3) is 0 Å². The van der Waals surface area contributed by atoms with Crippen LogP contribution in [0.3, 0.4) is 0 Å². The Kier molecular flexibility index (Phi) is 5.67. The number of aryl methyl sites for hydroxylation is 1. The fourth-order valence-electron chi connectivity index (χ4n) is 2.42. The molecule has 0 aromatic heterocycles. The van der Waals surface area contributed by atoms with Gasteiger partial charge < -0.3 is 9.64 Å². The van der Waals surface area contributed by atoms with Crippen LogP contribution in [0.1, 0.15) is 29.2 Å². The molecule has 0 saturated carbocycles. The smallest absolute Gasteiger partial charge is 0.129 e. The minimum atomic E-state index is 0.455. The van der Waals surface area contributed by atoms with Crippen molar-refractivity contribution in [1.29, 1.82) is 5.41 Å². The predicted octanol–water partition coefficient (Wildman–Crippen LogP) is 4.52. The molecule has 0 fully saturated rings. The summed E-state index contributed by atoms with van der Waals surface area (Å²) in [6.45, 7) is 4.87. The van der Waals surface area contributed by atoms with Crippen LogP contribution in [0, 0.1) is 12.3 Å². The lowest BCUT2D eigenvalue weighted by atomic mass is 9.98. The van der Waals surface area contributed by atoms with Crippen molar-refractivity contribution in [3.05, 3.63) is 63.7 Å². The predicted molar refractivity (Wildman–Crippen MR) is 97.1 cm³/mol. The molecule has 23 heavy (non-hydrogen) atoms. The van der Waals surface area contributed by atoms with Crippen molar-refractivity contribution in [2.75, 3.05) is 20.7 Å². The van der Waals surface area contributed by atoms with Crippen molar-refractivity contribution >= 4 is 17.4 Å². The van der Waals surface area contributed by atoms with Crippen LogP contribution in [-0.4, -0.2) is 31.4 Å². The minimum Gasteiger partial charge on any atom is -0.497 e. The number of ether oxygens (including phenoxy) is 1. The molecule has 0 unspecified atom stereocenters. The first-order chi connectivity index (χ1) is 11.0. The molecular formula is C19H23ClN2O. The summed E-state index contributed by atoms with van der Waals surface area (Å²) in [5, 5.41) is 8.87. The summed E-state index contributed by atoms with van der Waals surface area (Å²) in [6.07, 6.45) is 0.812. The van der Waals surface area contributed by atoms with Gasteiger partial charge in [-0.3, -0.25) is 5.41 Å². The van der Waals surface area contributed by atoms with Gasteiger partial charge in [-0.15, -0.1) is 0 Å². The first kappa shape index (κ1) is 17.4. The van der Waals surface area contributed by atoms with E-state index in [2.05, 4.69) is 19.1 Å². The lowest BCUT2D eigenvalue weighted by Gasteiger charge is -2.20. The van der Waals surface area contributed by atoms with E-state index in [0.29, 0.717) is 10.9 Å². The first-order valence-corrected chi connectivity index (χ1v) is 8.06. The molecule has 2 aromatic rings. The second-order valence-electron chi connectivity index (χ2n) is 5.65. The Bertz CT molecular complexity index is 695. The molecule has 2 aromatic carbocycles. The highest BCUT2D eigenvalue weighted by atomic mass is 35.5. The van der Waals surface area contributed by atoms with E-state index in [0.717, 1.165) is 29.8 Å². The Morgan fingerprint density at radius 3 is 2.43 bits per heavy atom. The van der Waals surface area contributed by atoms with E-state index in [1.165, 1.54) is 11.1 Å². The van der Waals surface area contributed by atoms with Gasteiger partial charge in [0.05, 0.1) is 12.1 Å². The van der Waals surface area contributed by atoms with Crippen LogP contribution >= 0.6 is 11.6 Å². The second-order valence-corrected chi connectivity index (χ2v) is 6.05. The lowest BCUT2D eigenvalue weighted by molar-refractivity contribution is 0.414. The topological polar surface area (TPSA) is 36.3 Å². The van der Waals surface area contributed by atoms with E-state index in [1.54, 1.807) is 7.11 Å². The van der Waals surface area contributed by atoms with Crippen molar-refractivity contribution in [3.63, 3.8) is 0 Å². The van der Waals surface area contributed by atoms with E-state index >= 15 is 0 Å². The molecule has 1 N–H and O–H groups in total. The summed E-state index contributed by atoms with van der Waals surface area (Å²) < 4.78 is 5.19. The van der Waals surface area contributed by atoms with Gasteiger partial charge >= 0.3 is 0 Å². The zero-order chi connectivity index (χ0) is 17.0. The maximum Gasteiger partial charge on any atom is 0.129 e. The SMILES string of the molecule is CCN(C)C(=N)c1cc(C)c(Cc2ccc(OC)cc2)cc1Cl. The molecule has 0 amide bonds. The lowest BCUT2D eigenvalue weighted by Crippen LogP contribution is -2.26. The quantitative estimate of drug-likeness (QED) is 0.646. The van der Waals surface area contributed by atoms with Crippen molar-refractivity contribution < 1.29 is 4.74 Å².